The van der Waals surface area contributed by atoms with Gasteiger partial charge >= 0.3 is 0 Å². The summed E-state index contributed by atoms with van der Waals surface area (Å²) >= 11 is 0. The van der Waals surface area contributed by atoms with Crippen molar-refractivity contribution in [1.29, 1.82) is 0 Å². The van der Waals surface area contributed by atoms with E-state index in [4.69, 9.17) is 0 Å². The third-order valence-corrected chi connectivity index (χ3v) is 4.74. The molecular weight excluding hydrogens is 320 g/mol. The van der Waals surface area contributed by atoms with Gasteiger partial charge < -0.3 is 0 Å². The van der Waals surface area contributed by atoms with E-state index in [1.54, 1.807) is 54.7 Å². The number of hydrogen-bond donors (Lipinski definition) is 1. The van der Waals surface area contributed by atoms with Crippen molar-refractivity contribution in [1.82, 2.24) is 0 Å². The molecule has 0 radical (unpaired) electrons. The Labute approximate surface area is 141 Å². The lowest BCUT2D eigenvalue weighted by molar-refractivity contribution is 0.601. The largest absolute Gasteiger partial charge is 0.277 e. The highest BCUT2D eigenvalue weighted by Gasteiger charge is 2.14. The van der Waals surface area contributed by atoms with E-state index in [1.165, 1.54) is 0 Å². The van der Waals surface area contributed by atoms with E-state index in [0.29, 0.717) is 11.4 Å². The van der Waals surface area contributed by atoms with Gasteiger partial charge in [-0.25, -0.2) is 8.42 Å². The molecule has 0 amide bonds. The zero-order chi connectivity index (χ0) is 16.8. The molecule has 0 bridgehead atoms. The Morgan fingerprint density at radius 2 is 1.33 bits per heavy atom. The Morgan fingerprint density at radius 1 is 0.750 bits per heavy atom. The molecule has 5 heteroatoms. The van der Waals surface area contributed by atoms with E-state index >= 15 is 0 Å². The summed E-state index contributed by atoms with van der Waals surface area (Å²) in [5.41, 5.74) is 1.94. The average Bonchev–Trinajstić information content (AvgIpc) is 2.62. The second kappa shape index (κ2) is 7.10. The lowest BCUT2D eigenvalue weighted by Crippen LogP contribution is -2.12. The van der Waals surface area contributed by atoms with Gasteiger partial charge in [0.1, 0.15) is 0 Å². The molecule has 0 saturated carbocycles. The van der Waals surface area contributed by atoms with Crippen LogP contribution in [0.3, 0.4) is 0 Å². The van der Waals surface area contributed by atoms with E-state index < -0.39 is 10.0 Å². The first-order chi connectivity index (χ1) is 11.6. The smallest absolute Gasteiger partial charge is 0.261 e. The molecule has 0 aliphatic rings. The molecule has 0 spiro atoms. The molecule has 0 unspecified atom stereocenters. The summed E-state index contributed by atoms with van der Waals surface area (Å²) in [7, 11) is -3.64. The summed E-state index contributed by atoms with van der Waals surface area (Å²) in [6, 6.07) is 24.9. The Bertz CT molecular complexity index is 937. The summed E-state index contributed by atoms with van der Waals surface area (Å²) in [6.45, 7) is 0. The number of rotatable bonds is 5. The maximum Gasteiger partial charge on any atom is 0.261 e. The van der Waals surface area contributed by atoms with Gasteiger partial charge in [-0.05, 0) is 29.8 Å². The van der Waals surface area contributed by atoms with Crippen molar-refractivity contribution < 1.29 is 8.42 Å². The minimum atomic E-state index is -3.64. The van der Waals surface area contributed by atoms with E-state index in [-0.39, 0.29) is 4.90 Å². The third kappa shape index (κ3) is 3.88. The second-order valence-electron chi connectivity index (χ2n) is 5.10. The Kier molecular flexibility index (Phi) is 4.72. The molecule has 3 aromatic rings. The Morgan fingerprint density at radius 3 is 2.04 bits per heavy atom. The van der Waals surface area contributed by atoms with Crippen molar-refractivity contribution in [2.24, 2.45) is 4.99 Å². The molecule has 1 N–H and O–H groups in total. The lowest BCUT2D eigenvalue weighted by atomic mass is 10.2. The van der Waals surface area contributed by atoms with Crippen LogP contribution in [0.5, 0.6) is 0 Å². The number of benzene rings is 3. The van der Waals surface area contributed by atoms with Crippen LogP contribution >= 0.6 is 0 Å². The molecule has 3 aromatic carbocycles. The number of hydrogen-bond acceptors (Lipinski definition) is 3. The quantitative estimate of drug-likeness (QED) is 0.709. The van der Waals surface area contributed by atoms with Gasteiger partial charge in [0.15, 0.2) is 0 Å². The molecule has 0 heterocycles. The lowest BCUT2D eigenvalue weighted by Gasteiger charge is -2.10. The molecule has 0 aliphatic heterocycles. The first-order valence-electron chi connectivity index (χ1n) is 7.41. The van der Waals surface area contributed by atoms with E-state index in [9.17, 15) is 8.42 Å². The van der Waals surface area contributed by atoms with E-state index in [1.807, 2.05) is 36.4 Å². The van der Waals surface area contributed by atoms with Gasteiger partial charge in [-0.15, -0.1) is 0 Å². The summed E-state index contributed by atoms with van der Waals surface area (Å²) in [5.74, 6) is 0. The number of aliphatic imine (C=N–C) groups is 1. The van der Waals surface area contributed by atoms with Crippen molar-refractivity contribution in [2.45, 2.75) is 4.90 Å². The molecule has 24 heavy (non-hydrogen) atoms. The predicted octanol–water partition coefficient (Wildman–Crippen LogP) is 4.24. The molecular formula is C19H16N2O2S. The van der Waals surface area contributed by atoms with Crippen molar-refractivity contribution >= 4 is 27.6 Å². The van der Waals surface area contributed by atoms with Crippen LogP contribution in [-0.4, -0.2) is 14.6 Å². The van der Waals surface area contributed by atoms with Crippen LogP contribution in [0.15, 0.2) is 94.8 Å². The van der Waals surface area contributed by atoms with E-state index in [2.05, 4.69) is 9.71 Å². The van der Waals surface area contributed by atoms with E-state index in [0.717, 1.165) is 5.56 Å². The fraction of sp³-hybridized carbons (Fsp3) is 0. The fourth-order valence-electron chi connectivity index (χ4n) is 2.16. The molecule has 0 saturated heterocycles. The number of sulfonamides is 1. The van der Waals surface area contributed by atoms with Crippen LogP contribution < -0.4 is 4.72 Å². The van der Waals surface area contributed by atoms with Crippen LogP contribution in [0.1, 0.15) is 5.56 Å². The van der Waals surface area contributed by atoms with Crippen LogP contribution in [-0.2, 0) is 10.0 Å². The SMILES string of the molecule is O=S(=O)(Nc1ccccc1N=Cc1ccccc1)c1ccccc1. The Hall–Kier alpha value is -2.92. The summed E-state index contributed by atoms with van der Waals surface area (Å²) in [4.78, 5) is 4.62. The van der Waals surface area contributed by atoms with Crippen molar-refractivity contribution in [3.8, 4) is 0 Å². The van der Waals surface area contributed by atoms with Crippen LogP contribution in [0.2, 0.25) is 0 Å². The highest BCUT2D eigenvalue weighted by molar-refractivity contribution is 7.92. The maximum absolute atomic E-state index is 12.5. The molecule has 120 valence electrons. The minimum absolute atomic E-state index is 0.215. The van der Waals surface area contributed by atoms with Crippen LogP contribution in [0.4, 0.5) is 11.4 Å². The highest BCUT2D eigenvalue weighted by atomic mass is 32.2. The topological polar surface area (TPSA) is 58.5 Å². The molecule has 0 aliphatic carbocycles. The van der Waals surface area contributed by atoms with Gasteiger partial charge in [0.05, 0.1) is 16.3 Å². The highest BCUT2D eigenvalue weighted by Crippen LogP contribution is 2.26. The zero-order valence-corrected chi connectivity index (χ0v) is 13.6. The monoisotopic (exact) mass is 336 g/mol. The van der Waals surface area contributed by atoms with Gasteiger partial charge in [0.25, 0.3) is 10.0 Å². The number of nitrogens with one attached hydrogen (secondary N) is 1. The third-order valence-electron chi connectivity index (χ3n) is 3.35. The molecule has 0 atom stereocenters. The van der Waals surface area contributed by atoms with Gasteiger partial charge in [-0.1, -0.05) is 60.7 Å². The molecule has 3 rings (SSSR count). The fourth-order valence-corrected chi connectivity index (χ4v) is 3.25. The first-order valence-corrected chi connectivity index (χ1v) is 8.89. The van der Waals surface area contributed by atoms with Crippen molar-refractivity contribution in [2.75, 3.05) is 4.72 Å². The minimum Gasteiger partial charge on any atom is -0.277 e. The van der Waals surface area contributed by atoms with Crippen LogP contribution in [0.25, 0.3) is 0 Å². The normalized spacial score (nSPS) is 11.5. The standard InChI is InChI=1S/C19H16N2O2S/c22-24(23,17-11-5-2-6-12-17)21-19-14-8-7-13-18(19)20-15-16-9-3-1-4-10-16/h1-15,21H. The van der Waals surface area contributed by atoms with Crippen molar-refractivity contribution in [3.63, 3.8) is 0 Å². The van der Waals surface area contributed by atoms with Gasteiger partial charge in [0, 0.05) is 6.21 Å². The average molecular weight is 336 g/mol. The number of para-hydroxylation sites is 2. The number of anilines is 1. The predicted molar refractivity (Wildman–Crippen MR) is 97.4 cm³/mol. The molecule has 0 aromatic heterocycles. The van der Waals surface area contributed by atoms with Gasteiger partial charge in [-0.2, -0.15) is 0 Å². The maximum atomic E-state index is 12.5. The van der Waals surface area contributed by atoms with Gasteiger partial charge in [-0.3, -0.25) is 9.71 Å². The summed E-state index contributed by atoms with van der Waals surface area (Å²) < 4.78 is 27.5. The van der Waals surface area contributed by atoms with Crippen LogP contribution in [0, 0.1) is 0 Å². The number of nitrogens with zero attached hydrogens (tertiary/aromatic N) is 1. The summed E-state index contributed by atoms with van der Waals surface area (Å²) in [5, 5.41) is 0. The first kappa shape index (κ1) is 16.0. The molecule has 0 fully saturated rings. The van der Waals surface area contributed by atoms with Crippen molar-refractivity contribution in [3.05, 3.63) is 90.5 Å². The second-order valence-corrected chi connectivity index (χ2v) is 6.79. The molecule has 4 nitrogen and oxygen atoms in total. The summed E-state index contributed by atoms with van der Waals surface area (Å²) in [6.07, 6.45) is 1.70. The zero-order valence-electron chi connectivity index (χ0n) is 12.8. The Balaban J connectivity index is 1.89. The van der Waals surface area contributed by atoms with Gasteiger partial charge in [0.2, 0.25) is 0 Å².